The van der Waals surface area contributed by atoms with Crippen LogP contribution < -0.4 is 10.2 Å². The van der Waals surface area contributed by atoms with Gasteiger partial charge < -0.3 is 0 Å². The topological polar surface area (TPSA) is 85.6 Å². The van der Waals surface area contributed by atoms with E-state index in [-0.39, 0.29) is 22.5 Å². The van der Waals surface area contributed by atoms with Gasteiger partial charge in [0.1, 0.15) is 5.25 Å². The van der Waals surface area contributed by atoms with Crippen LogP contribution in [0.15, 0.2) is 47.5 Å². The van der Waals surface area contributed by atoms with Crippen molar-refractivity contribution in [1.82, 2.24) is 5.32 Å². The quantitative estimate of drug-likeness (QED) is 0.238. The molecule has 2 amide bonds. The largest absolute Gasteiger partial charge is 0.274 e. The van der Waals surface area contributed by atoms with Crippen LogP contribution in [0.2, 0.25) is 15.1 Å². The molecule has 1 atom stereocenters. The Morgan fingerprint density at radius 1 is 1.14 bits per heavy atom. The third-order valence-corrected chi connectivity index (χ3v) is 5.89. The number of rotatable bonds is 3. The summed E-state index contributed by atoms with van der Waals surface area (Å²) in [4.78, 5) is 30.5. The zero-order valence-corrected chi connectivity index (χ0v) is 17.1. The molecule has 6 nitrogen and oxygen atoms in total. The van der Waals surface area contributed by atoms with Gasteiger partial charge in [0, 0.05) is 6.42 Å². The maximum Gasteiger partial charge on any atom is 0.247 e. The summed E-state index contributed by atoms with van der Waals surface area (Å²) in [6.45, 7) is 0. The van der Waals surface area contributed by atoms with E-state index in [9.17, 15) is 9.59 Å². The van der Waals surface area contributed by atoms with Gasteiger partial charge in [0.05, 0.1) is 26.4 Å². The van der Waals surface area contributed by atoms with Crippen molar-refractivity contribution in [2.75, 3.05) is 4.90 Å². The number of hydrogen-bond acceptors (Lipinski definition) is 5. The Labute approximate surface area is 180 Å². The van der Waals surface area contributed by atoms with Crippen LogP contribution in [0, 0.1) is 11.5 Å². The fraction of sp³-hybridized carbons (Fsp3) is 0.111. The number of amides is 2. The molecule has 0 bridgehead atoms. The third kappa shape index (κ3) is 4.42. The number of nitrogens with one attached hydrogen (secondary N) is 1. The van der Waals surface area contributed by atoms with Crippen LogP contribution in [0.1, 0.15) is 6.42 Å². The Hall–Kier alpha value is -2.24. The molecule has 2 aromatic carbocycles. The molecule has 0 aliphatic carbocycles. The van der Waals surface area contributed by atoms with E-state index in [4.69, 9.17) is 40.1 Å². The first-order valence-electron chi connectivity index (χ1n) is 7.87. The van der Waals surface area contributed by atoms with Crippen molar-refractivity contribution in [1.29, 1.82) is 5.26 Å². The molecule has 0 saturated carbocycles. The normalized spacial score (nSPS) is 17.0. The molecular formula is C18H11Cl3N4O2S. The van der Waals surface area contributed by atoms with Gasteiger partial charge in [-0.3, -0.25) is 14.9 Å². The van der Waals surface area contributed by atoms with E-state index in [1.54, 1.807) is 36.5 Å². The van der Waals surface area contributed by atoms with Gasteiger partial charge in [0.2, 0.25) is 11.8 Å². The number of imide groups is 1. The summed E-state index contributed by atoms with van der Waals surface area (Å²) in [5.74, 6) is -0.810. The highest BCUT2D eigenvalue weighted by Crippen LogP contribution is 2.34. The number of carbonyl (C=O) groups is 2. The average Bonchev–Trinajstić information content (AvgIpc) is 2.93. The van der Waals surface area contributed by atoms with E-state index < -0.39 is 11.2 Å². The van der Waals surface area contributed by atoms with Crippen LogP contribution in [0.25, 0.3) is 0 Å². The highest BCUT2D eigenvalue weighted by atomic mass is 35.5. The lowest BCUT2D eigenvalue weighted by molar-refractivity contribution is -0.121. The molecular weight excluding hydrogens is 443 g/mol. The van der Waals surface area contributed by atoms with Gasteiger partial charge in [-0.15, -0.1) is 0 Å². The first-order valence-corrected chi connectivity index (χ1v) is 9.89. The summed E-state index contributed by atoms with van der Waals surface area (Å²) in [5.41, 5.74) is 0.776. The molecule has 1 aliphatic heterocycles. The smallest absolute Gasteiger partial charge is 0.247 e. The fourth-order valence-corrected chi connectivity index (χ4v) is 3.94. The molecule has 1 heterocycles. The molecule has 28 heavy (non-hydrogen) atoms. The van der Waals surface area contributed by atoms with E-state index in [0.29, 0.717) is 21.4 Å². The number of halogens is 3. The number of thioether (sulfide) groups is 1. The first kappa shape index (κ1) is 20.5. The summed E-state index contributed by atoms with van der Waals surface area (Å²) >= 11 is 19.0. The number of hydrogen-bond donors (Lipinski definition) is 1. The van der Waals surface area contributed by atoms with Crippen LogP contribution >= 0.6 is 46.6 Å². The number of nitrogens with zero attached hydrogens (tertiary/aromatic N) is 3. The van der Waals surface area contributed by atoms with Gasteiger partial charge in [-0.25, -0.2) is 9.89 Å². The predicted octanol–water partition coefficient (Wildman–Crippen LogP) is 4.77. The molecule has 0 radical (unpaired) electrons. The maximum absolute atomic E-state index is 12.8. The average molecular weight is 454 g/mol. The molecule has 1 unspecified atom stereocenters. The van der Waals surface area contributed by atoms with E-state index in [1.165, 1.54) is 12.1 Å². The van der Waals surface area contributed by atoms with Crippen molar-refractivity contribution in [3.63, 3.8) is 0 Å². The maximum atomic E-state index is 12.8. The summed E-state index contributed by atoms with van der Waals surface area (Å²) in [7, 11) is 0. The number of amidine groups is 1. The molecule has 1 N–H and O–H groups in total. The number of carbonyl (C=O) groups excluding carboxylic acids is 2. The number of nitriles is 1. The van der Waals surface area contributed by atoms with Crippen LogP contribution in [0.4, 0.5) is 11.4 Å². The van der Waals surface area contributed by atoms with E-state index in [0.717, 1.165) is 16.7 Å². The Bertz CT molecular complexity index is 1020. The summed E-state index contributed by atoms with van der Waals surface area (Å²) in [6, 6.07) is 11.3. The lowest BCUT2D eigenvalue weighted by atomic mass is 10.3. The lowest BCUT2D eigenvalue weighted by Gasteiger charge is -2.15. The molecule has 0 aromatic heterocycles. The predicted molar refractivity (Wildman–Crippen MR) is 112 cm³/mol. The SMILES string of the molecule is N#CNC(=Nc1ccccc1Cl)SC1CC(=O)N(c2ccc(Cl)c(Cl)c2)C1=O. The lowest BCUT2D eigenvalue weighted by Crippen LogP contribution is -2.32. The van der Waals surface area contributed by atoms with Crippen molar-refractivity contribution >= 4 is 74.9 Å². The molecule has 3 rings (SSSR count). The van der Waals surface area contributed by atoms with Crippen molar-refractivity contribution in [2.24, 2.45) is 4.99 Å². The van der Waals surface area contributed by atoms with Crippen molar-refractivity contribution in [3.8, 4) is 6.19 Å². The molecule has 1 aliphatic rings. The Balaban J connectivity index is 1.84. The molecule has 10 heteroatoms. The Morgan fingerprint density at radius 3 is 2.57 bits per heavy atom. The van der Waals surface area contributed by atoms with Crippen molar-refractivity contribution in [3.05, 3.63) is 57.5 Å². The molecule has 1 fully saturated rings. The highest BCUT2D eigenvalue weighted by molar-refractivity contribution is 8.15. The van der Waals surface area contributed by atoms with Crippen molar-refractivity contribution < 1.29 is 9.59 Å². The summed E-state index contributed by atoms with van der Waals surface area (Å²) in [5, 5.41) is 11.8. The second-order valence-corrected chi connectivity index (χ2v) is 7.99. The second kappa shape index (κ2) is 8.84. The summed E-state index contributed by atoms with van der Waals surface area (Å²) < 4.78 is 0. The standard InChI is InChI=1S/C18H11Cl3N4O2S/c19-11-6-5-10(7-13(11)21)25-16(26)8-15(17(25)27)28-18(23-9-22)24-14-4-2-1-3-12(14)20/h1-7,15H,8H2,(H,23,24). The van der Waals surface area contributed by atoms with Gasteiger partial charge in [0.25, 0.3) is 0 Å². The molecule has 0 spiro atoms. The van der Waals surface area contributed by atoms with Crippen molar-refractivity contribution in [2.45, 2.75) is 11.7 Å². The molecule has 142 valence electrons. The van der Waals surface area contributed by atoms with Crippen LogP contribution in [0.3, 0.4) is 0 Å². The number of para-hydroxylation sites is 1. The van der Waals surface area contributed by atoms with E-state index >= 15 is 0 Å². The van der Waals surface area contributed by atoms with Crippen LogP contribution in [0.5, 0.6) is 0 Å². The Morgan fingerprint density at radius 2 is 1.89 bits per heavy atom. The zero-order valence-electron chi connectivity index (χ0n) is 14.0. The van der Waals surface area contributed by atoms with Gasteiger partial charge >= 0.3 is 0 Å². The highest BCUT2D eigenvalue weighted by Gasteiger charge is 2.41. The van der Waals surface area contributed by atoms with E-state index in [1.807, 2.05) is 0 Å². The minimum Gasteiger partial charge on any atom is -0.274 e. The summed E-state index contributed by atoms with van der Waals surface area (Å²) in [6.07, 6.45) is 1.73. The van der Waals surface area contributed by atoms with Crippen LogP contribution in [-0.2, 0) is 9.59 Å². The second-order valence-electron chi connectivity index (χ2n) is 5.58. The van der Waals surface area contributed by atoms with Crippen LogP contribution in [-0.4, -0.2) is 22.2 Å². The zero-order chi connectivity index (χ0) is 20.3. The molecule has 2 aromatic rings. The molecule has 1 saturated heterocycles. The third-order valence-electron chi connectivity index (χ3n) is 3.76. The van der Waals surface area contributed by atoms with E-state index in [2.05, 4.69) is 10.3 Å². The minimum absolute atomic E-state index is 0.0433. The van der Waals surface area contributed by atoms with Gasteiger partial charge in [-0.2, -0.15) is 5.26 Å². The monoisotopic (exact) mass is 452 g/mol. The number of aliphatic imine (C=N–C) groups is 1. The van der Waals surface area contributed by atoms with Gasteiger partial charge in [0.15, 0.2) is 11.4 Å². The van der Waals surface area contributed by atoms with Gasteiger partial charge in [-0.05, 0) is 30.3 Å². The Kier molecular flexibility index (Phi) is 6.47. The van der Waals surface area contributed by atoms with Gasteiger partial charge in [-0.1, -0.05) is 58.7 Å². The fourth-order valence-electron chi connectivity index (χ4n) is 2.51. The number of benzene rings is 2. The minimum atomic E-state index is -0.746. The first-order chi connectivity index (χ1) is 13.4. The number of anilines is 1.